The molecule has 2 rings (SSSR count). The third kappa shape index (κ3) is 4.13. The van der Waals surface area contributed by atoms with Gasteiger partial charge >= 0.3 is 0 Å². The topological polar surface area (TPSA) is 76.1 Å². The van der Waals surface area contributed by atoms with Crippen LogP contribution in [0.1, 0.15) is 15.9 Å². The summed E-state index contributed by atoms with van der Waals surface area (Å²) in [6, 6.07) is 8.91. The third-order valence-electron chi connectivity index (χ3n) is 2.93. The molecule has 0 fully saturated rings. The molecule has 0 aliphatic carbocycles. The Morgan fingerprint density at radius 3 is 2.76 bits per heavy atom. The Bertz CT molecular complexity index is 701. The number of rotatable bonds is 4. The van der Waals surface area contributed by atoms with E-state index in [-0.39, 0.29) is 12.5 Å². The summed E-state index contributed by atoms with van der Waals surface area (Å²) >= 11 is 3.38. The summed E-state index contributed by atoms with van der Waals surface area (Å²) in [7, 11) is 0. The first-order valence-corrected chi connectivity index (χ1v) is 7.10. The Labute approximate surface area is 130 Å². The highest BCUT2D eigenvalue weighted by Crippen LogP contribution is 2.19. The van der Waals surface area contributed by atoms with Crippen molar-refractivity contribution in [2.45, 2.75) is 13.5 Å². The first-order valence-electron chi connectivity index (χ1n) is 6.30. The third-order valence-corrected chi connectivity index (χ3v) is 3.42. The fourth-order valence-corrected chi connectivity index (χ4v) is 2.36. The van der Waals surface area contributed by atoms with E-state index < -0.39 is 5.91 Å². The molecule has 0 saturated carbocycles. The lowest BCUT2D eigenvalue weighted by Gasteiger charge is -2.07. The Kier molecular flexibility index (Phi) is 4.70. The SMILES string of the molecule is Cc1cc(Br)ccc1NC(=O)C[n+]1cccc(C(N)=O)c1. The first-order chi connectivity index (χ1) is 9.95. The molecule has 2 amide bonds. The molecule has 6 heteroatoms. The number of carbonyl (C=O) groups is 2. The molecule has 0 aliphatic heterocycles. The van der Waals surface area contributed by atoms with Gasteiger partial charge in [-0.05, 0) is 36.8 Å². The van der Waals surface area contributed by atoms with Gasteiger partial charge in [-0.3, -0.25) is 9.59 Å². The summed E-state index contributed by atoms with van der Waals surface area (Å²) < 4.78 is 2.57. The van der Waals surface area contributed by atoms with Crippen molar-refractivity contribution in [2.24, 2.45) is 5.73 Å². The molecule has 0 radical (unpaired) electrons. The molecule has 0 bridgehead atoms. The van der Waals surface area contributed by atoms with E-state index in [1.54, 1.807) is 29.1 Å². The predicted octanol–water partition coefficient (Wildman–Crippen LogP) is 1.78. The molecular formula is C15H15BrN3O2+. The first kappa shape index (κ1) is 15.2. The average molecular weight is 349 g/mol. The minimum Gasteiger partial charge on any atom is -0.365 e. The van der Waals surface area contributed by atoms with Crippen LogP contribution in [0.3, 0.4) is 0 Å². The largest absolute Gasteiger partial charge is 0.365 e. The van der Waals surface area contributed by atoms with E-state index in [0.29, 0.717) is 5.56 Å². The molecule has 0 atom stereocenters. The van der Waals surface area contributed by atoms with Crippen LogP contribution in [-0.4, -0.2) is 11.8 Å². The number of nitrogens with one attached hydrogen (secondary N) is 1. The zero-order chi connectivity index (χ0) is 15.4. The van der Waals surface area contributed by atoms with E-state index in [1.165, 1.54) is 0 Å². The number of hydrogen-bond donors (Lipinski definition) is 2. The van der Waals surface area contributed by atoms with Crippen LogP contribution in [-0.2, 0) is 11.3 Å². The Morgan fingerprint density at radius 2 is 2.10 bits per heavy atom. The number of carbonyl (C=O) groups excluding carboxylic acids is 2. The second-order valence-electron chi connectivity index (χ2n) is 4.64. The van der Waals surface area contributed by atoms with Gasteiger partial charge in [0.05, 0.1) is 0 Å². The zero-order valence-corrected chi connectivity index (χ0v) is 13.1. The number of pyridine rings is 1. The lowest BCUT2D eigenvalue weighted by Crippen LogP contribution is -2.40. The van der Waals surface area contributed by atoms with Crippen molar-refractivity contribution in [1.29, 1.82) is 0 Å². The van der Waals surface area contributed by atoms with Gasteiger partial charge in [0, 0.05) is 16.2 Å². The monoisotopic (exact) mass is 348 g/mol. The van der Waals surface area contributed by atoms with Crippen LogP contribution in [0.15, 0.2) is 47.2 Å². The number of halogens is 1. The van der Waals surface area contributed by atoms with Crippen LogP contribution in [0.25, 0.3) is 0 Å². The van der Waals surface area contributed by atoms with Crippen LogP contribution in [0.5, 0.6) is 0 Å². The highest BCUT2D eigenvalue weighted by atomic mass is 79.9. The maximum atomic E-state index is 12.0. The van der Waals surface area contributed by atoms with Gasteiger partial charge in [0.1, 0.15) is 5.56 Å². The molecule has 2 aromatic rings. The van der Waals surface area contributed by atoms with E-state index in [1.807, 2.05) is 25.1 Å². The Hall–Kier alpha value is -2.21. The summed E-state index contributed by atoms with van der Waals surface area (Å²) in [6.07, 6.45) is 3.26. The number of nitrogens with zero attached hydrogens (tertiary/aromatic N) is 1. The van der Waals surface area contributed by atoms with E-state index in [4.69, 9.17) is 5.73 Å². The van der Waals surface area contributed by atoms with E-state index in [2.05, 4.69) is 21.2 Å². The molecule has 1 heterocycles. The lowest BCUT2D eigenvalue weighted by atomic mass is 10.2. The van der Waals surface area contributed by atoms with Gasteiger partial charge in [-0.15, -0.1) is 0 Å². The minimum absolute atomic E-state index is 0.108. The normalized spacial score (nSPS) is 10.2. The van der Waals surface area contributed by atoms with E-state index >= 15 is 0 Å². The summed E-state index contributed by atoms with van der Waals surface area (Å²) in [5.74, 6) is -0.694. The predicted molar refractivity (Wildman–Crippen MR) is 82.7 cm³/mol. The molecule has 1 aromatic heterocycles. The Balaban J connectivity index is 2.08. The van der Waals surface area contributed by atoms with E-state index in [0.717, 1.165) is 15.7 Å². The highest BCUT2D eigenvalue weighted by molar-refractivity contribution is 9.10. The minimum atomic E-state index is -0.520. The quantitative estimate of drug-likeness (QED) is 0.826. The number of hydrogen-bond acceptors (Lipinski definition) is 2. The van der Waals surface area contributed by atoms with Crippen molar-refractivity contribution in [1.82, 2.24) is 0 Å². The number of aryl methyl sites for hydroxylation is 1. The summed E-state index contributed by atoms with van der Waals surface area (Å²) in [5, 5.41) is 2.84. The molecule has 108 valence electrons. The van der Waals surface area contributed by atoms with Crippen LogP contribution < -0.4 is 15.6 Å². The number of nitrogens with two attached hydrogens (primary N) is 1. The van der Waals surface area contributed by atoms with Gasteiger partial charge < -0.3 is 11.1 Å². The molecule has 5 nitrogen and oxygen atoms in total. The number of anilines is 1. The Morgan fingerprint density at radius 1 is 1.33 bits per heavy atom. The standard InChI is InChI=1S/C15H14BrN3O2/c1-10-7-12(16)4-5-13(10)18-14(20)9-19-6-2-3-11(8-19)15(17)21/h2-8H,9H2,1H3,(H2-,17,18,20,21)/p+1. The van der Waals surface area contributed by atoms with Gasteiger partial charge in [0.25, 0.3) is 11.8 Å². The van der Waals surface area contributed by atoms with Gasteiger partial charge in [-0.1, -0.05) is 15.9 Å². The maximum absolute atomic E-state index is 12.0. The summed E-state index contributed by atoms with van der Waals surface area (Å²) in [6.45, 7) is 2.03. The zero-order valence-electron chi connectivity index (χ0n) is 11.5. The summed E-state index contributed by atoms with van der Waals surface area (Å²) in [5.41, 5.74) is 7.31. The van der Waals surface area contributed by atoms with Crippen LogP contribution in [0.4, 0.5) is 5.69 Å². The molecule has 0 unspecified atom stereocenters. The van der Waals surface area contributed by atoms with Crippen molar-refractivity contribution >= 4 is 33.4 Å². The molecule has 0 saturated heterocycles. The van der Waals surface area contributed by atoms with Crippen molar-refractivity contribution < 1.29 is 14.2 Å². The van der Waals surface area contributed by atoms with E-state index in [9.17, 15) is 9.59 Å². The average Bonchev–Trinajstić information content (AvgIpc) is 2.42. The van der Waals surface area contributed by atoms with Gasteiger partial charge in [0.15, 0.2) is 12.4 Å². The van der Waals surface area contributed by atoms with Crippen molar-refractivity contribution in [3.8, 4) is 0 Å². The fraction of sp³-hybridized carbons (Fsp3) is 0.133. The molecule has 3 N–H and O–H groups in total. The van der Waals surface area contributed by atoms with Crippen molar-refractivity contribution in [3.63, 3.8) is 0 Å². The molecule has 1 aromatic carbocycles. The van der Waals surface area contributed by atoms with Crippen LogP contribution in [0, 0.1) is 6.92 Å². The lowest BCUT2D eigenvalue weighted by molar-refractivity contribution is -0.684. The number of amides is 2. The number of benzene rings is 1. The van der Waals surface area contributed by atoms with Gasteiger partial charge in [-0.25, -0.2) is 0 Å². The van der Waals surface area contributed by atoms with Crippen LogP contribution >= 0.6 is 15.9 Å². The molecule has 0 aliphatic rings. The smallest absolute Gasteiger partial charge is 0.290 e. The second kappa shape index (κ2) is 6.49. The summed E-state index contributed by atoms with van der Waals surface area (Å²) in [4.78, 5) is 23.2. The fourth-order valence-electron chi connectivity index (χ4n) is 1.89. The van der Waals surface area contributed by atoms with Crippen molar-refractivity contribution in [2.75, 3.05) is 5.32 Å². The molecule has 21 heavy (non-hydrogen) atoms. The molecule has 0 spiro atoms. The number of primary amides is 1. The maximum Gasteiger partial charge on any atom is 0.290 e. The van der Waals surface area contributed by atoms with Gasteiger partial charge in [-0.2, -0.15) is 4.57 Å². The second-order valence-corrected chi connectivity index (χ2v) is 5.55. The molecular weight excluding hydrogens is 334 g/mol. The van der Waals surface area contributed by atoms with Gasteiger partial charge in [0.2, 0.25) is 6.54 Å². The van der Waals surface area contributed by atoms with Crippen molar-refractivity contribution in [3.05, 3.63) is 58.3 Å². The highest BCUT2D eigenvalue weighted by Gasteiger charge is 2.13. The number of aromatic nitrogens is 1. The van der Waals surface area contributed by atoms with Crippen LogP contribution in [0.2, 0.25) is 0 Å².